The first-order valence-electron chi connectivity index (χ1n) is 12.5. The molecule has 3 aliphatic heterocycles. The van der Waals surface area contributed by atoms with Crippen molar-refractivity contribution in [3.8, 4) is 22.8 Å². The maximum Gasteiger partial charge on any atom is 0.260 e. The number of hydrogen-bond donors (Lipinski definition) is 1. The highest BCUT2D eigenvalue weighted by Crippen LogP contribution is 2.47. The molecule has 0 spiro atoms. The number of aromatic hydroxyl groups is 1. The van der Waals surface area contributed by atoms with Crippen molar-refractivity contribution in [2.75, 3.05) is 46.4 Å². The van der Waals surface area contributed by atoms with E-state index in [1.165, 1.54) is 24.3 Å². The summed E-state index contributed by atoms with van der Waals surface area (Å²) in [7, 11) is 2.05. The summed E-state index contributed by atoms with van der Waals surface area (Å²) >= 11 is 6.79. The summed E-state index contributed by atoms with van der Waals surface area (Å²) in [6.07, 6.45) is 2.01. The van der Waals surface area contributed by atoms with Crippen LogP contribution in [0.5, 0.6) is 11.5 Å². The second-order valence-electron chi connectivity index (χ2n) is 10.1. The summed E-state index contributed by atoms with van der Waals surface area (Å²) < 4.78 is 21.2. The maximum atomic E-state index is 15.0. The van der Waals surface area contributed by atoms with E-state index < -0.39 is 5.82 Å². The van der Waals surface area contributed by atoms with Crippen LogP contribution in [0.2, 0.25) is 5.02 Å². The summed E-state index contributed by atoms with van der Waals surface area (Å²) in [6, 6.07) is 3.62. The zero-order valence-corrected chi connectivity index (χ0v) is 21.7. The molecule has 5 rings (SSSR count). The minimum Gasteiger partial charge on any atom is -0.507 e. The number of phenols is 1. The van der Waals surface area contributed by atoms with Crippen molar-refractivity contribution >= 4 is 23.4 Å². The number of amides is 2. The smallest absolute Gasteiger partial charge is 0.260 e. The molecule has 2 saturated heterocycles. The largest absolute Gasteiger partial charge is 0.507 e. The van der Waals surface area contributed by atoms with E-state index in [1.807, 2.05) is 7.05 Å². The molecule has 8 nitrogen and oxygen atoms in total. The number of nitrogens with zero attached hydrogens (tertiary/aromatic N) is 4. The van der Waals surface area contributed by atoms with Gasteiger partial charge in [0.2, 0.25) is 5.91 Å². The van der Waals surface area contributed by atoms with E-state index in [-0.39, 0.29) is 69.6 Å². The van der Waals surface area contributed by atoms with Gasteiger partial charge in [-0.2, -0.15) is 0 Å². The van der Waals surface area contributed by atoms with E-state index in [4.69, 9.17) is 21.3 Å². The lowest BCUT2D eigenvalue weighted by atomic mass is 9.82. The van der Waals surface area contributed by atoms with Crippen LogP contribution in [0.25, 0.3) is 11.3 Å². The Bertz CT molecular complexity index is 1250. The van der Waals surface area contributed by atoms with Gasteiger partial charge in [-0.15, -0.1) is 0 Å². The average Bonchev–Trinajstić information content (AvgIpc) is 3.01. The van der Waals surface area contributed by atoms with Gasteiger partial charge in [0.1, 0.15) is 28.8 Å². The number of pyridine rings is 1. The quantitative estimate of drug-likeness (QED) is 0.613. The van der Waals surface area contributed by atoms with Crippen LogP contribution in [-0.4, -0.2) is 89.0 Å². The number of carbonyl (C=O) groups excluding carboxylic acids is 2. The summed E-state index contributed by atoms with van der Waals surface area (Å²) in [5.41, 5.74) is 0.719. The van der Waals surface area contributed by atoms with Gasteiger partial charge in [-0.1, -0.05) is 31.2 Å². The van der Waals surface area contributed by atoms with Gasteiger partial charge in [-0.3, -0.25) is 9.59 Å². The Labute approximate surface area is 220 Å². The molecule has 196 valence electrons. The van der Waals surface area contributed by atoms with Crippen molar-refractivity contribution < 1.29 is 23.8 Å². The van der Waals surface area contributed by atoms with Crippen molar-refractivity contribution in [3.63, 3.8) is 0 Å². The fraction of sp³-hybridized carbons (Fsp3) is 0.444. The zero-order valence-electron chi connectivity index (χ0n) is 20.9. The number of piperidine rings is 1. The molecule has 3 aliphatic rings. The van der Waals surface area contributed by atoms with Crippen LogP contribution in [0.15, 0.2) is 30.9 Å². The Morgan fingerprint density at radius 2 is 2.05 bits per heavy atom. The second kappa shape index (κ2) is 9.95. The van der Waals surface area contributed by atoms with Gasteiger partial charge in [0.15, 0.2) is 5.75 Å². The molecule has 3 atom stereocenters. The van der Waals surface area contributed by atoms with Gasteiger partial charge in [0, 0.05) is 32.1 Å². The first-order chi connectivity index (χ1) is 17.7. The number of piperazine rings is 1. The molecule has 10 heteroatoms. The first kappa shape index (κ1) is 25.5. The fourth-order valence-corrected chi connectivity index (χ4v) is 6.05. The number of aromatic nitrogens is 1. The van der Waals surface area contributed by atoms with E-state index in [2.05, 4.69) is 18.4 Å². The molecule has 2 fully saturated rings. The monoisotopic (exact) mass is 528 g/mol. The number of rotatable bonds is 3. The van der Waals surface area contributed by atoms with E-state index in [9.17, 15) is 19.1 Å². The van der Waals surface area contributed by atoms with Gasteiger partial charge in [-0.05, 0) is 44.1 Å². The highest BCUT2D eigenvalue weighted by Gasteiger charge is 2.42. The lowest BCUT2D eigenvalue weighted by molar-refractivity contribution is -0.128. The molecule has 0 saturated carbocycles. The van der Waals surface area contributed by atoms with Crippen molar-refractivity contribution in [2.45, 2.75) is 25.3 Å². The summed E-state index contributed by atoms with van der Waals surface area (Å²) in [6.45, 7) is 8.41. The molecule has 2 amide bonds. The number of likely N-dealkylation sites (tertiary alicyclic amines) is 1. The number of halogens is 2. The molecular weight excluding hydrogens is 499 g/mol. The first-order valence-corrected chi connectivity index (χ1v) is 12.8. The Balaban J connectivity index is 1.67. The maximum absolute atomic E-state index is 15.0. The van der Waals surface area contributed by atoms with Gasteiger partial charge in [-0.25, -0.2) is 9.37 Å². The molecule has 1 N–H and O–H groups in total. The summed E-state index contributed by atoms with van der Waals surface area (Å²) in [4.78, 5) is 36.7. The van der Waals surface area contributed by atoms with E-state index in [1.54, 1.807) is 9.80 Å². The van der Waals surface area contributed by atoms with Crippen LogP contribution in [0.4, 0.5) is 4.39 Å². The molecular formula is C27H30ClFN4O4. The second-order valence-corrected chi connectivity index (χ2v) is 10.5. The normalized spacial score (nSPS) is 24.1. The molecule has 1 aromatic heterocycles. The topological polar surface area (TPSA) is 86.2 Å². The molecule has 3 unspecified atom stereocenters. The summed E-state index contributed by atoms with van der Waals surface area (Å²) in [5.74, 6) is -1.22. The molecule has 0 radical (unpaired) electrons. The number of carbonyl (C=O) groups is 2. The third-order valence-corrected chi connectivity index (χ3v) is 8.03. The SMILES string of the molecule is C=CC(=O)N1CCN2C(=O)c3c(C4CCN(C)CC4C)nc(-c4c(O)cccc4F)c(Cl)c3OCC2C1. The molecule has 2 aromatic rings. The predicted octanol–water partition coefficient (Wildman–Crippen LogP) is 3.53. The van der Waals surface area contributed by atoms with Gasteiger partial charge < -0.3 is 24.5 Å². The van der Waals surface area contributed by atoms with Gasteiger partial charge >= 0.3 is 0 Å². The Morgan fingerprint density at radius 1 is 1.27 bits per heavy atom. The highest BCUT2D eigenvalue weighted by atomic mass is 35.5. The van der Waals surface area contributed by atoms with Crippen molar-refractivity contribution in [2.24, 2.45) is 5.92 Å². The van der Waals surface area contributed by atoms with E-state index in [0.717, 1.165) is 19.5 Å². The van der Waals surface area contributed by atoms with E-state index >= 15 is 0 Å². The lowest BCUT2D eigenvalue weighted by Gasteiger charge is -2.40. The Kier molecular flexibility index (Phi) is 6.85. The molecule has 37 heavy (non-hydrogen) atoms. The van der Waals surface area contributed by atoms with Crippen LogP contribution >= 0.6 is 11.6 Å². The Hall–Kier alpha value is -3.17. The van der Waals surface area contributed by atoms with Gasteiger partial charge in [0.05, 0.1) is 23.0 Å². The molecule has 4 heterocycles. The number of phenolic OH excluding ortho intramolecular Hbond substituents is 1. The van der Waals surface area contributed by atoms with Gasteiger partial charge in [0.25, 0.3) is 5.91 Å². The average molecular weight is 529 g/mol. The van der Waals surface area contributed by atoms with Crippen LogP contribution in [0.3, 0.4) is 0 Å². The molecule has 0 bridgehead atoms. The fourth-order valence-electron chi connectivity index (χ4n) is 5.76. The number of ether oxygens (including phenoxy) is 1. The third-order valence-electron chi connectivity index (χ3n) is 7.67. The lowest BCUT2D eigenvalue weighted by Crippen LogP contribution is -2.57. The zero-order chi connectivity index (χ0) is 26.4. The Morgan fingerprint density at radius 3 is 2.76 bits per heavy atom. The minimum atomic E-state index is -0.673. The number of fused-ring (bicyclic) bond motifs is 2. The summed E-state index contributed by atoms with van der Waals surface area (Å²) in [5, 5.41) is 10.5. The van der Waals surface area contributed by atoms with Crippen LogP contribution in [0, 0.1) is 11.7 Å². The minimum absolute atomic E-state index is 0.0213. The predicted molar refractivity (Wildman–Crippen MR) is 137 cm³/mol. The van der Waals surface area contributed by atoms with Crippen molar-refractivity contribution in [1.82, 2.24) is 19.7 Å². The van der Waals surface area contributed by atoms with Crippen molar-refractivity contribution in [1.29, 1.82) is 0 Å². The third kappa shape index (κ3) is 4.44. The molecule has 1 aromatic carbocycles. The standard InChI is InChI=1S/C27H30ClFN4O4/c1-4-20(35)32-10-11-33-16(13-32)14-37-26-22(27(33)36)24(17-8-9-31(3)12-15(17)2)30-25(23(26)28)21-18(29)6-5-7-19(21)34/h4-7,15-17,34H,1,8-14H2,2-3H3. The van der Waals surface area contributed by atoms with Crippen LogP contribution < -0.4 is 4.74 Å². The number of benzene rings is 1. The highest BCUT2D eigenvalue weighted by molar-refractivity contribution is 6.35. The number of hydrogen-bond acceptors (Lipinski definition) is 6. The van der Waals surface area contributed by atoms with E-state index in [0.29, 0.717) is 25.3 Å². The van der Waals surface area contributed by atoms with Crippen LogP contribution in [0.1, 0.15) is 35.3 Å². The van der Waals surface area contributed by atoms with Crippen LogP contribution in [-0.2, 0) is 4.79 Å². The molecule has 0 aliphatic carbocycles. The van der Waals surface area contributed by atoms with Crippen molar-refractivity contribution in [3.05, 3.63) is 53.0 Å².